The van der Waals surface area contributed by atoms with Crippen LogP contribution >= 0.6 is 0 Å². The Morgan fingerprint density at radius 1 is 0.702 bits per heavy atom. The monoisotopic (exact) mass is 824 g/mol. The second-order valence-electron chi connectivity index (χ2n) is 20.0. The first-order chi connectivity index (χ1) is 26.0. The van der Waals surface area contributed by atoms with Crippen molar-refractivity contribution in [2.75, 3.05) is 40.3 Å². The Morgan fingerprint density at radius 3 is 1.61 bits per heavy atom. The number of nitrogens with zero attached hydrogens (tertiary/aromatic N) is 2. The molecule has 0 spiro atoms. The zero-order chi connectivity index (χ0) is 38.9. The normalized spacial score (nSPS) is 38.3. The molecule has 2 aromatic carbocycles. The number of rotatable bonds is 6. The van der Waals surface area contributed by atoms with Gasteiger partial charge < -0.3 is 65.7 Å². The molecule has 10 rings (SSSR count). The molecule has 6 fully saturated rings. The number of likely N-dealkylation sites (N-methyl/N-ethyl adjacent to an activating group) is 2. The predicted octanol–water partition coefficient (Wildman–Crippen LogP) is -1.39. The van der Waals surface area contributed by atoms with E-state index >= 15 is 0 Å². The number of halogens is 2. The number of piperidine rings is 2. The number of likely N-dealkylation sites (tertiary alicyclic amines) is 2. The van der Waals surface area contributed by atoms with E-state index in [1.54, 1.807) is 12.1 Å². The van der Waals surface area contributed by atoms with Gasteiger partial charge in [-0.2, -0.15) is 0 Å². The number of fused-ring (bicyclic) bond motifs is 2. The molecule has 8 aliphatic rings. The molecule has 0 aromatic heterocycles. The van der Waals surface area contributed by atoms with E-state index < -0.39 is 33.8 Å². The number of carbonyl (C=O) groups is 2. The van der Waals surface area contributed by atoms with Gasteiger partial charge in [-0.25, -0.2) is 0 Å². The van der Waals surface area contributed by atoms with Gasteiger partial charge in [0, 0.05) is 59.5 Å². The highest BCUT2D eigenvalue weighted by molar-refractivity contribution is 5.97. The summed E-state index contributed by atoms with van der Waals surface area (Å²) in [5, 5.41) is 46.6. The number of primary amides is 2. The number of amides is 2. The third-order valence-corrected chi connectivity index (χ3v) is 16.8. The molecule has 2 heterocycles. The molecule has 4 saturated carbocycles. The summed E-state index contributed by atoms with van der Waals surface area (Å²) in [5.74, 6) is 0.376. The topological polar surface area (TPSA) is 167 Å². The largest absolute Gasteiger partial charge is 1.00 e. The minimum absolute atomic E-state index is 0. The van der Waals surface area contributed by atoms with Crippen molar-refractivity contribution in [2.24, 2.45) is 23.3 Å². The van der Waals surface area contributed by atoms with E-state index in [-0.39, 0.29) is 59.5 Å². The van der Waals surface area contributed by atoms with Gasteiger partial charge in [0.2, 0.25) is 0 Å². The molecule has 12 heteroatoms. The first kappa shape index (κ1) is 42.3. The van der Waals surface area contributed by atoms with Crippen molar-refractivity contribution in [2.45, 2.75) is 130 Å². The van der Waals surface area contributed by atoms with E-state index in [0.29, 0.717) is 12.8 Å². The minimum Gasteiger partial charge on any atom is -1.00 e. The van der Waals surface area contributed by atoms with Gasteiger partial charge in [0.15, 0.2) is 0 Å². The molecule has 4 bridgehead atoms. The highest BCUT2D eigenvalue weighted by Gasteiger charge is 2.71. The second-order valence-corrected chi connectivity index (χ2v) is 20.0. The van der Waals surface area contributed by atoms with Crippen molar-refractivity contribution >= 4 is 11.8 Å². The number of benzene rings is 2. The highest BCUT2D eigenvalue weighted by Crippen LogP contribution is 2.64. The van der Waals surface area contributed by atoms with Gasteiger partial charge in [0.25, 0.3) is 11.8 Å². The van der Waals surface area contributed by atoms with Crippen LogP contribution in [0.1, 0.15) is 126 Å². The number of phenols is 2. The lowest BCUT2D eigenvalue weighted by Gasteiger charge is -2.65. The maximum Gasteiger partial charge on any atom is 0.252 e. The molecule has 8 N–H and O–H groups in total. The SMILES string of the molecule is C=C1CC[C@@]2(O)[C@H]3Cc4ccc(C(N)=O)c(O)c4[C@@]2(CC[N+]3(C)CC2CC2)C1.C[N+]1(CC2CC2)CC[C@]23CCCC[C@@]2(O)[C@H]1Cc1ccc(C(N)=O)c(O)c13.[Cl-].[Cl-]. The number of quaternary nitrogens is 2. The van der Waals surface area contributed by atoms with E-state index in [1.807, 2.05) is 12.1 Å². The molecule has 2 aromatic rings. The first-order valence-corrected chi connectivity index (χ1v) is 21.1. The molecular formula is C45H62Cl2N4O6. The Labute approximate surface area is 349 Å². The van der Waals surface area contributed by atoms with Crippen molar-refractivity contribution in [3.8, 4) is 11.5 Å². The smallest absolute Gasteiger partial charge is 0.252 e. The summed E-state index contributed by atoms with van der Waals surface area (Å²) in [7, 11) is 4.65. The van der Waals surface area contributed by atoms with Crippen molar-refractivity contribution in [3.05, 3.63) is 69.8 Å². The zero-order valence-corrected chi connectivity index (χ0v) is 35.2. The third kappa shape index (κ3) is 6.08. The second kappa shape index (κ2) is 14.1. The number of aromatic hydroxyl groups is 2. The van der Waals surface area contributed by atoms with E-state index in [1.165, 1.54) is 25.7 Å². The predicted molar refractivity (Wildman–Crippen MR) is 209 cm³/mol. The van der Waals surface area contributed by atoms with Crippen LogP contribution < -0.4 is 36.3 Å². The van der Waals surface area contributed by atoms with Crippen LogP contribution in [-0.4, -0.2) is 105 Å². The summed E-state index contributed by atoms with van der Waals surface area (Å²) in [6.45, 7) is 8.54. The summed E-state index contributed by atoms with van der Waals surface area (Å²) < 4.78 is 1.86. The Bertz CT molecular complexity index is 2010. The lowest BCUT2D eigenvalue weighted by molar-refractivity contribution is -0.950. The van der Waals surface area contributed by atoms with Gasteiger partial charge in [-0.3, -0.25) is 9.59 Å². The summed E-state index contributed by atoms with van der Waals surface area (Å²) in [6.07, 6.45) is 14.3. The molecule has 10 nitrogen and oxygen atoms in total. The fourth-order valence-corrected chi connectivity index (χ4v) is 13.8. The van der Waals surface area contributed by atoms with Crippen molar-refractivity contribution in [3.63, 3.8) is 0 Å². The Kier molecular flexibility index (Phi) is 10.5. The molecule has 2 saturated heterocycles. The number of nitrogens with two attached hydrogens (primary N) is 2. The molecular weight excluding hydrogens is 763 g/mol. The fourth-order valence-electron chi connectivity index (χ4n) is 13.8. The summed E-state index contributed by atoms with van der Waals surface area (Å²) in [5.41, 5.74) is 13.6. The average Bonchev–Trinajstić information content (AvgIpc) is 4.07. The van der Waals surface area contributed by atoms with Crippen molar-refractivity contribution < 1.29 is 63.8 Å². The molecule has 0 radical (unpaired) electrons. The Balaban J connectivity index is 0.000000168. The van der Waals surface area contributed by atoms with Gasteiger partial charge in [-0.05, 0) is 81.0 Å². The van der Waals surface area contributed by atoms with Crippen LogP contribution in [0.5, 0.6) is 11.5 Å². The van der Waals surface area contributed by atoms with Gasteiger partial charge >= 0.3 is 0 Å². The van der Waals surface area contributed by atoms with E-state index in [9.17, 15) is 30.0 Å². The van der Waals surface area contributed by atoms with E-state index in [0.717, 1.165) is 133 Å². The van der Waals surface area contributed by atoms with Crippen molar-refractivity contribution in [1.29, 1.82) is 0 Å². The van der Waals surface area contributed by atoms with E-state index in [2.05, 4.69) is 20.7 Å². The van der Waals surface area contributed by atoms with Crippen LogP contribution in [-0.2, 0) is 23.7 Å². The molecule has 8 atom stereocenters. The van der Waals surface area contributed by atoms with Crippen LogP contribution in [0.3, 0.4) is 0 Å². The molecule has 2 aliphatic heterocycles. The first-order valence-electron chi connectivity index (χ1n) is 21.1. The molecule has 57 heavy (non-hydrogen) atoms. The van der Waals surface area contributed by atoms with Crippen LogP contribution in [0.25, 0.3) is 0 Å². The number of hydrogen-bond donors (Lipinski definition) is 6. The van der Waals surface area contributed by atoms with Gasteiger partial charge in [-0.15, -0.1) is 0 Å². The van der Waals surface area contributed by atoms with Crippen LogP contribution in [0, 0.1) is 11.8 Å². The van der Waals surface area contributed by atoms with Crippen LogP contribution in [0.4, 0.5) is 0 Å². The lowest BCUT2D eigenvalue weighted by Crippen LogP contribution is -3.00. The average molecular weight is 826 g/mol. The molecule has 312 valence electrons. The number of allylic oxidation sites excluding steroid dienone is 1. The van der Waals surface area contributed by atoms with E-state index in [4.69, 9.17) is 11.5 Å². The Morgan fingerprint density at radius 2 is 1.14 bits per heavy atom. The van der Waals surface area contributed by atoms with Crippen LogP contribution in [0.15, 0.2) is 36.4 Å². The standard InChI is InChI=1S/C23H30N2O3.C22H30N2O3.2ClH/c1-14-7-8-23(28)18-11-16-5-6-17(21(24)27)20(26)19(16)22(23,12-14)9-10-25(18,2)13-15-3-4-15;1-24(13-14-4-5-14)11-10-21-8-2-3-9-22(21,27)17(24)12-15-6-7-16(20(23)26)19(25)18(15)21;;/h5-6,15,18,28H,1,3-4,7-13H2,2H3,(H2-,24,26,27);6-7,14,17,27H,2-5,8-13H2,1H3,(H2-,23,25,26);2*1H/t18-,22-,23-,25?;17-,21+,22-,24?;;/m11../s1. The molecule has 6 aliphatic carbocycles. The summed E-state index contributed by atoms with van der Waals surface area (Å²) >= 11 is 0. The number of carbonyl (C=O) groups excluding carboxylic acids is 2. The highest BCUT2D eigenvalue weighted by atomic mass is 35.5. The van der Waals surface area contributed by atoms with Gasteiger partial charge in [0.1, 0.15) is 34.8 Å². The zero-order valence-electron chi connectivity index (χ0n) is 33.7. The van der Waals surface area contributed by atoms with Crippen LogP contribution in [0.2, 0.25) is 0 Å². The van der Waals surface area contributed by atoms with Gasteiger partial charge in [-0.1, -0.05) is 37.1 Å². The van der Waals surface area contributed by atoms with Gasteiger partial charge in [0.05, 0.1) is 51.4 Å². The summed E-state index contributed by atoms with van der Waals surface area (Å²) in [4.78, 5) is 23.7. The van der Waals surface area contributed by atoms with Crippen molar-refractivity contribution in [1.82, 2.24) is 0 Å². The summed E-state index contributed by atoms with van der Waals surface area (Å²) in [6, 6.07) is 7.52. The number of aliphatic hydroxyl groups is 2. The maximum absolute atomic E-state index is 12.3. The molecule has 2 amide bonds. The minimum atomic E-state index is -0.892. The Hall–Kier alpha value is -2.86. The lowest BCUT2D eigenvalue weighted by atomic mass is 9.48. The molecule has 2 unspecified atom stereocenters. The quantitative estimate of drug-likeness (QED) is 0.155. The fraction of sp³-hybridized carbons (Fsp3) is 0.644. The maximum atomic E-state index is 12.3. The number of hydrogen-bond acceptors (Lipinski definition) is 6. The third-order valence-electron chi connectivity index (χ3n) is 16.8.